The summed E-state index contributed by atoms with van der Waals surface area (Å²) in [5.41, 5.74) is 4.28. The SMILES string of the molecule is N#CCCn1cc(-c2ccc(-n3nnc4cnc(NC5CCCC5)nc43)cc2)cn1. The first kappa shape index (κ1) is 18.2. The topological polar surface area (TPSA) is 110 Å². The summed E-state index contributed by atoms with van der Waals surface area (Å²) < 4.78 is 3.52. The summed E-state index contributed by atoms with van der Waals surface area (Å²) in [6.07, 6.45) is 10.7. The summed E-state index contributed by atoms with van der Waals surface area (Å²) in [7, 11) is 0. The summed E-state index contributed by atoms with van der Waals surface area (Å²) in [5, 5.41) is 24.9. The van der Waals surface area contributed by atoms with Gasteiger partial charge in [-0.05, 0) is 30.5 Å². The first-order chi connectivity index (χ1) is 14.8. The Morgan fingerprint density at radius 2 is 1.93 bits per heavy atom. The molecule has 0 atom stereocenters. The molecule has 0 bridgehead atoms. The van der Waals surface area contributed by atoms with Crippen molar-refractivity contribution in [3.05, 3.63) is 42.9 Å². The molecule has 0 amide bonds. The van der Waals surface area contributed by atoms with Gasteiger partial charge in [-0.2, -0.15) is 20.0 Å². The van der Waals surface area contributed by atoms with Gasteiger partial charge in [0.15, 0.2) is 11.2 Å². The summed E-state index contributed by atoms with van der Waals surface area (Å²) >= 11 is 0. The van der Waals surface area contributed by atoms with E-state index in [2.05, 4.69) is 36.8 Å². The number of rotatable bonds is 6. The standard InChI is InChI=1S/C21H21N9/c22-10-3-11-29-14-16(12-24-29)15-6-8-18(9-7-15)30-20-19(27-28-30)13-23-21(26-20)25-17-4-1-2-5-17/h6-9,12-14,17H,1-5,11H2,(H,23,25,26). The molecule has 1 aliphatic carbocycles. The number of aryl methyl sites for hydroxylation is 1. The molecule has 5 rings (SSSR count). The molecule has 0 aliphatic heterocycles. The highest BCUT2D eigenvalue weighted by Gasteiger charge is 2.17. The molecular formula is C21H21N9. The van der Waals surface area contributed by atoms with E-state index in [1.165, 1.54) is 12.8 Å². The molecular weight excluding hydrogens is 378 g/mol. The maximum atomic E-state index is 8.72. The first-order valence-corrected chi connectivity index (χ1v) is 10.2. The summed E-state index contributed by atoms with van der Waals surface area (Å²) in [4.78, 5) is 9.05. The molecule has 1 fully saturated rings. The molecule has 0 spiro atoms. The van der Waals surface area contributed by atoms with Crippen LogP contribution in [0.15, 0.2) is 42.9 Å². The van der Waals surface area contributed by atoms with Crippen molar-refractivity contribution in [1.82, 2.24) is 34.7 Å². The third kappa shape index (κ3) is 3.59. The zero-order valence-electron chi connectivity index (χ0n) is 16.4. The van der Waals surface area contributed by atoms with E-state index in [1.54, 1.807) is 15.6 Å². The zero-order valence-corrected chi connectivity index (χ0v) is 16.4. The van der Waals surface area contributed by atoms with Crippen molar-refractivity contribution in [2.24, 2.45) is 0 Å². The molecule has 1 aliphatic rings. The molecule has 0 saturated heterocycles. The highest BCUT2D eigenvalue weighted by atomic mass is 15.4. The molecule has 3 aromatic heterocycles. The average molecular weight is 399 g/mol. The third-order valence-electron chi connectivity index (χ3n) is 5.41. The maximum Gasteiger partial charge on any atom is 0.225 e. The van der Waals surface area contributed by atoms with Crippen LogP contribution in [0.5, 0.6) is 0 Å². The molecule has 0 unspecified atom stereocenters. The molecule has 30 heavy (non-hydrogen) atoms. The molecule has 0 radical (unpaired) electrons. The smallest absolute Gasteiger partial charge is 0.225 e. The molecule has 1 saturated carbocycles. The van der Waals surface area contributed by atoms with Crippen LogP contribution in [0.1, 0.15) is 32.1 Å². The van der Waals surface area contributed by atoms with Crippen molar-refractivity contribution in [2.75, 3.05) is 5.32 Å². The Kier molecular flexibility index (Phi) is 4.81. The van der Waals surface area contributed by atoms with Gasteiger partial charge in [-0.25, -0.2) is 4.98 Å². The van der Waals surface area contributed by atoms with E-state index < -0.39 is 0 Å². The van der Waals surface area contributed by atoms with Gasteiger partial charge in [0.25, 0.3) is 0 Å². The van der Waals surface area contributed by atoms with Crippen molar-refractivity contribution >= 4 is 17.1 Å². The summed E-state index contributed by atoms with van der Waals surface area (Å²) in [6, 6.07) is 10.6. The largest absolute Gasteiger partial charge is 0.351 e. The Morgan fingerprint density at radius 1 is 1.10 bits per heavy atom. The van der Waals surface area contributed by atoms with E-state index in [9.17, 15) is 0 Å². The van der Waals surface area contributed by atoms with Crippen LogP contribution in [0.2, 0.25) is 0 Å². The van der Waals surface area contributed by atoms with Gasteiger partial charge in [0.05, 0.1) is 37.1 Å². The Morgan fingerprint density at radius 3 is 2.73 bits per heavy atom. The summed E-state index contributed by atoms with van der Waals surface area (Å²) in [6.45, 7) is 0.594. The maximum absolute atomic E-state index is 8.72. The van der Waals surface area contributed by atoms with Crippen molar-refractivity contribution in [1.29, 1.82) is 5.26 Å². The van der Waals surface area contributed by atoms with Gasteiger partial charge in [-0.3, -0.25) is 4.68 Å². The van der Waals surface area contributed by atoms with E-state index in [-0.39, 0.29) is 0 Å². The minimum Gasteiger partial charge on any atom is -0.351 e. The fourth-order valence-corrected chi connectivity index (χ4v) is 3.82. The molecule has 1 N–H and O–H groups in total. The van der Waals surface area contributed by atoms with E-state index in [0.29, 0.717) is 36.1 Å². The number of hydrogen-bond acceptors (Lipinski definition) is 7. The number of nitrogens with zero attached hydrogens (tertiary/aromatic N) is 8. The van der Waals surface area contributed by atoms with Crippen molar-refractivity contribution in [3.63, 3.8) is 0 Å². The van der Waals surface area contributed by atoms with Gasteiger partial charge in [-0.15, -0.1) is 5.10 Å². The zero-order chi connectivity index (χ0) is 20.3. The van der Waals surface area contributed by atoms with Crippen LogP contribution >= 0.6 is 0 Å². The third-order valence-corrected chi connectivity index (χ3v) is 5.41. The minimum atomic E-state index is 0.443. The number of nitriles is 1. The fraction of sp³-hybridized carbons (Fsp3) is 0.333. The van der Waals surface area contributed by atoms with Crippen LogP contribution in [0.25, 0.3) is 28.0 Å². The fourth-order valence-electron chi connectivity index (χ4n) is 3.82. The van der Waals surface area contributed by atoms with Crippen LogP contribution in [0.4, 0.5) is 5.95 Å². The highest BCUT2D eigenvalue weighted by molar-refractivity contribution is 5.72. The van der Waals surface area contributed by atoms with Crippen molar-refractivity contribution < 1.29 is 0 Å². The van der Waals surface area contributed by atoms with Crippen LogP contribution in [-0.2, 0) is 6.54 Å². The molecule has 4 aromatic rings. The number of fused-ring (bicyclic) bond motifs is 1. The number of hydrogen-bond donors (Lipinski definition) is 1. The van der Waals surface area contributed by atoms with Gasteiger partial charge in [0, 0.05) is 17.8 Å². The van der Waals surface area contributed by atoms with Gasteiger partial charge < -0.3 is 5.32 Å². The van der Waals surface area contributed by atoms with E-state index in [0.717, 1.165) is 29.7 Å². The van der Waals surface area contributed by atoms with Crippen molar-refractivity contribution in [3.8, 4) is 22.9 Å². The van der Waals surface area contributed by atoms with E-state index in [1.807, 2.05) is 36.7 Å². The number of anilines is 1. The van der Waals surface area contributed by atoms with Gasteiger partial charge in [0.2, 0.25) is 5.95 Å². The lowest BCUT2D eigenvalue weighted by molar-refractivity contribution is 0.628. The Labute approximate surface area is 173 Å². The number of nitrogens with one attached hydrogen (secondary N) is 1. The Balaban J connectivity index is 1.39. The molecule has 9 nitrogen and oxygen atoms in total. The second-order valence-corrected chi connectivity index (χ2v) is 7.48. The van der Waals surface area contributed by atoms with Crippen LogP contribution in [0.3, 0.4) is 0 Å². The highest BCUT2D eigenvalue weighted by Crippen LogP contribution is 2.23. The predicted octanol–water partition coefficient (Wildman–Crippen LogP) is 3.34. The quantitative estimate of drug-likeness (QED) is 0.529. The minimum absolute atomic E-state index is 0.443. The number of aromatic nitrogens is 7. The van der Waals surface area contributed by atoms with Crippen LogP contribution in [0, 0.1) is 11.3 Å². The molecule has 150 valence electrons. The van der Waals surface area contributed by atoms with Crippen molar-refractivity contribution in [2.45, 2.75) is 44.7 Å². The Bertz CT molecular complexity index is 1190. The lowest BCUT2D eigenvalue weighted by Gasteiger charge is -2.11. The average Bonchev–Trinajstić information content (AvgIpc) is 3.53. The van der Waals surface area contributed by atoms with Crippen LogP contribution < -0.4 is 5.32 Å². The second kappa shape index (κ2) is 7.91. The van der Waals surface area contributed by atoms with Gasteiger partial charge >= 0.3 is 0 Å². The normalized spacial score (nSPS) is 14.2. The predicted molar refractivity (Wildman–Crippen MR) is 112 cm³/mol. The molecule has 3 heterocycles. The molecule has 9 heteroatoms. The van der Waals surface area contributed by atoms with Gasteiger partial charge in [0.1, 0.15) is 0 Å². The van der Waals surface area contributed by atoms with Gasteiger partial charge in [-0.1, -0.05) is 30.2 Å². The lowest BCUT2D eigenvalue weighted by Crippen LogP contribution is -2.16. The van der Waals surface area contributed by atoms with E-state index in [4.69, 9.17) is 5.26 Å². The second-order valence-electron chi connectivity index (χ2n) is 7.48. The first-order valence-electron chi connectivity index (χ1n) is 10.2. The Hall–Kier alpha value is -3.80. The molecule has 1 aromatic carbocycles. The lowest BCUT2D eigenvalue weighted by atomic mass is 10.1. The van der Waals surface area contributed by atoms with E-state index >= 15 is 0 Å². The monoisotopic (exact) mass is 399 g/mol. The number of benzene rings is 1. The summed E-state index contributed by atoms with van der Waals surface area (Å²) in [5.74, 6) is 0.624. The van der Waals surface area contributed by atoms with Crippen LogP contribution in [-0.4, -0.2) is 40.8 Å².